The molecule has 0 aliphatic heterocycles. The van der Waals surface area contributed by atoms with Gasteiger partial charge >= 0.3 is 5.69 Å². The van der Waals surface area contributed by atoms with Crippen molar-refractivity contribution >= 4 is 21.2 Å². The second-order valence-corrected chi connectivity index (χ2v) is 6.10. The number of aliphatic hydroxyl groups excluding tert-OH is 1. The van der Waals surface area contributed by atoms with Gasteiger partial charge in [-0.1, -0.05) is 13.0 Å². The molecule has 0 saturated heterocycles. The molecule has 0 aliphatic rings. The highest BCUT2D eigenvalue weighted by Gasteiger charge is 2.26. The highest BCUT2D eigenvalue weighted by atomic mass is 32.2. The van der Waals surface area contributed by atoms with Crippen molar-refractivity contribution in [2.75, 3.05) is 18.2 Å². The molecule has 0 heterocycles. The highest BCUT2D eigenvalue weighted by Crippen LogP contribution is 2.32. The van der Waals surface area contributed by atoms with Gasteiger partial charge in [0.2, 0.25) is 0 Å². The van der Waals surface area contributed by atoms with E-state index in [9.17, 15) is 18.5 Å². The average molecular weight is 288 g/mol. The molecule has 0 spiro atoms. The Kier molecular flexibility index (Phi) is 4.84. The van der Waals surface area contributed by atoms with Gasteiger partial charge in [0.1, 0.15) is 10.6 Å². The molecule has 7 nitrogen and oxygen atoms in total. The minimum Gasteiger partial charge on any atom is -0.394 e. The lowest BCUT2D eigenvalue weighted by Gasteiger charge is -2.16. The average Bonchev–Trinajstić information content (AvgIpc) is 2.34. The van der Waals surface area contributed by atoms with E-state index < -0.39 is 20.4 Å². The van der Waals surface area contributed by atoms with E-state index in [2.05, 4.69) is 5.32 Å². The fourth-order valence-corrected chi connectivity index (χ4v) is 2.48. The molecule has 0 radical (unpaired) electrons. The van der Waals surface area contributed by atoms with Crippen LogP contribution in [-0.2, 0) is 9.84 Å². The first-order valence-electron chi connectivity index (χ1n) is 5.66. The van der Waals surface area contributed by atoms with Crippen LogP contribution >= 0.6 is 0 Å². The van der Waals surface area contributed by atoms with Crippen molar-refractivity contribution in [1.29, 1.82) is 0 Å². The van der Waals surface area contributed by atoms with E-state index in [0.717, 1.165) is 6.26 Å². The van der Waals surface area contributed by atoms with Crippen LogP contribution in [0.1, 0.15) is 13.3 Å². The Hall–Kier alpha value is -1.67. The molecule has 0 amide bonds. The summed E-state index contributed by atoms with van der Waals surface area (Å²) in [6.07, 6.45) is 1.47. The molecule has 0 aromatic heterocycles. The van der Waals surface area contributed by atoms with Crippen molar-refractivity contribution in [3.05, 3.63) is 28.3 Å². The smallest absolute Gasteiger partial charge is 0.310 e. The first-order valence-corrected chi connectivity index (χ1v) is 7.55. The monoisotopic (exact) mass is 288 g/mol. The molecule has 1 rings (SSSR count). The molecule has 2 N–H and O–H groups in total. The Morgan fingerprint density at radius 1 is 1.47 bits per heavy atom. The van der Waals surface area contributed by atoms with Gasteiger partial charge in [0.05, 0.1) is 11.5 Å². The zero-order valence-electron chi connectivity index (χ0n) is 10.7. The van der Waals surface area contributed by atoms with Gasteiger partial charge in [0.15, 0.2) is 9.84 Å². The molecule has 1 aromatic rings. The van der Waals surface area contributed by atoms with E-state index >= 15 is 0 Å². The van der Waals surface area contributed by atoms with E-state index in [4.69, 9.17) is 5.11 Å². The van der Waals surface area contributed by atoms with Gasteiger partial charge in [-0.05, 0) is 18.6 Å². The molecule has 1 atom stereocenters. The molecule has 106 valence electrons. The van der Waals surface area contributed by atoms with Crippen LogP contribution in [0.25, 0.3) is 0 Å². The third-order valence-corrected chi connectivity index (χ3v) is 3.78. The first-order chi connectivity index (χ1) is 8.81. The van der Waals surface area contributed by atoms with Crippen LogP contribution < -0.4 is 5.32 Å². The van der Waals surface area contributed by atoms with Crippen LogP contribution in [0.5, 0.6) is 0 Å². The molecule has 0 bridgehead atoms. The summed E-state index contributed by atoms with van der Waals surface area (Å²) in [5.74, 6) is 0. The molecule has 1 aromatic carbocycles. The first kappa shape index (κ1) is 15.4. The second kappa shape index (κ2) is 5.98. The van der Waals surface area contributed by atoms with E-state index in [1.807, 2.05) is 0 Å². The van der Waals surface area contributed by atoms with Crippen molar-refractivity contribution in [2.45, 2.75) is 24.3 Å². The molecule has 0 aliphatic carbocycles. The van der Waals surface area contributed by atoms with Crippen LogP contribution in [0.15, 0.2) is 23.1 Å². The standard InChI is InChI=1S/C11H16N2O5S/c1-3-8(7-14)12-9-5-4-6-10(19(2,17)18)11(9)13(15)16/h4-6,8,12,14H,3,7H2,1-2H3/t8-/m0/s1. The van der Waals surface area contributed by atoms with Crippen LogP contribution in [0.2, 0.25) is 0 Å². The zero-order chi connectivity index (χ0) is 14.6. The summed E-state index contributed by atoms with van der Waals surface area (Å²) in [5, 5.41) is 23.0. The summed E-state index contributed by atoms with van der Waals surface area (Å²) in [5.41, 5.74) is -0.397. The molecule has 19 heavy (non-hydrogen) atoms. The summed E-state index contributed by atoms with van der Waals surface area (Å²) in [6, 6.07) is 3.67. The Balaban J connectivity index is 3.37. The van der Waals surface area contributed by atoms with Gasteiger partial charge in [0, 0.05) is 12.3 Å². The van der Waals surface area contributed by atoms with Gasteiger partial charge in [0.25, 0.3) is 0 Å². The van der Waals surface area contributed by atoms with Gasteiger partial charge in [-0.2, -0.15) is 0 Å². The lowest BCUT2D eigenvalue weighted by atomic mass is 10.2. The number of sulfone groups is 1. The number of nitro groups is 1. The lowest BCUT2D eigenvalue weighted by Crippen LogP contribution is -2.23. The van der Waals surface area contributed by atoms with Gasteiger partial charge in [-0.3, -0.25) is 10.1 Å². The molecule has 0 saturated carbocycles. The number of nitrogens with zero attached hydrogens (tertiary/aromatic N) is 1. The molecular formula is C11H16N2O5S. The topological polar surface area (TPSA) is 110 Å². The fraction of sp³-hybridized carbons (Fsp3) is 0.455. The maximum Gasteiger partial charge on any atom is 0.310 e. The summed E-state index contributed by atoms with van der Waals surface area (Å²) < 4.78 is 23.1. The number of para-hydroxylation sites is 1. The predicted molar refractivity (Wildman–Crippen MR) is 71.0 cm³/mol. The van der Waals surface area contributed by atoms with Gasteiger partial charge < -0.3 is 10.4 Å². The highest BCUT2D eigenvalue weighted by molar-refractivity contribution is 7.90. The normalized spacial score (nSPS) is 13.0. The number of hydrogen-bond donors (Lipinski definition) is 2. The number of aliphatic hydroxyl groups is 1. The molecule has 8 heteroatoms. The van der Waals surface area contributed by atoms with E-state index in [1.54, 1.807) is 6.92 Å². The third-order valence-electron chi connectivity index (χ3n) is 2.65. The number of benzene rings is 1. The van der Waals surface area contributed by atoms with E-state index in [-0.39, 0.29) is 23.2 Å². The van der Waals surface area contributed by atoms with E-state index in [0.29, 0.717) is 6.42 Å². The van der Waals surface area contributed by atoms with Gasteiger partial charge in [-0.25, -0.2) is 8.42 Å². The zero-order valence-corrected chi connectivity index (χ0v) is 11.5. The Labute approximate surface area is 111 Å². The SMILES string of the molecule is CC[C@@H](CO)Nc1cccc(S(C)(=O)=O)c1[N+](=O)[O-]. The third kappa shape index (κ3) is 3.65. The molecular weight excluding hydrogens is 272 g/mol. The van der Waals surface area contributed by atoms with Crippen molar-refractivity contribution < 1.29 is 18.4 Å². The summed E-state index contributed by atoms with van der Waals surface area (Å²) >= 11 is 0. The Morgan fingerprint density at radius 2 is 2.11 bits per heavy atom. The number of rotatable bonds is 6. The van der Waals surface area contributed by atoms with Crippen LogP contribution in [-0.4, -0.2) is 37.4 Å². The van der Waals surface area contributed by atoms with Crippen molar-refractivity contribution in [3.8, 4) is 0 Å². The van der Waals surface area contributed by atoms with Crippen LogP contribution in [0.3, 0.4) is 0 Å². The molecule has 0 fully saturated rings. The number of hydrogen-bond acceptors (Lipinski definition) is 6. The molecule has 0 unspecified atom stereocenters. The van der Waals surface area contributed by atoms with E-state index in [1.165, 1.54) is 18.2 Å². The number of nitrogens with one attached hydrogen (secondary N) is 1. The van der Waals surface area contributed by atoms with Crippen LogP contribution in [0.4, 0.5) is 11.4 Å². The Bertz CT molecular complexity index is 566. The minimum absolute atomic E-state index is 0.0915. The van der Waals surface area contributed by atoms with Crippen molar-refractivity contribution in [3.63, 3.8) is 0 Å². The minimum atomic E-state index is -3.69. The largest absolute Gasteiger partial charge is 0.394 e. The number of nitro benzene ring substituents is 1. The summed E-state index contributed by atoms with van der Waals surface area (Å²) in [6.45, 7) is 1.61. The maximum absolute atomic E-state index is 11.6. The maximum atomic E-state index is 11.6. The van der Waals surface area contributed by atoms with Crippen molar-refractivity contribution in [2.24, 2.45) is 0 Å². The van der Waals surface area contributed by atoms with Crippen LogP contribution in [0, 0.1) is 10.1 Å². The second-order valence-electron chi connectivity index (χ2n) is 4.11. The predicted octanol–water partition coefficient (Wildman–Crippen LogP) is 1.18. The Morgan fingerprint density at radius 3 is 2.53 bits per heavy atom. The van der Waals surface area contributed by atoms with Crippen molar-refractivity contribution in [1.82, 2.24) is 0 Å². The van der Waals surface area contributed by atoms with Gasteiger partial charge in [-0.15, -0.1) is 0 Å². The fourth-order valence-electron chi connectivity index (χ4n) is 1.62. The quantitative estimate of drug-likeness (QED) is 0.601. The summed E-state index contributed by atoms with van der Waals surface area (Å²) in [7, 11) is -3.69. The lowest BCUT2D eigenvalue weighted by molar-refractivity contribution is -0.386. The summed E-state index contributed by atoms with van der Waals surface area (Å²) in [4.78, 5) is 10.0. The number of anilines is 1.